The second kappa shape index (κ2) is 6.88. The van der Waals surface area contributed by atoms with Gasteiger partial charge in [0.1, 0.15) is 13.6 Å². The zero-order valence-corrected chi connectivity index (χ0v) is 14.3. The molecule has 1 aromatic carbocycles. The number of fused-ring (bicyclic) bond motifs is 1. The van der Waals surface area contributed by atoms with E-state index in [1.165, 1.54) is 19.2 Å². The van der Waals surface area contributed by atoms with E-state index < -0.39 is 0 Å². The molecule has 1 aliphatic rings. The third-order valence-electron chi connectivity index (χ3n) is 4.54. The topological polar surface area (TPSA) is 39.6 Å². The van der Waals surface area contributed by atoms with Crippen molar-refractivity contribution < 1.29 is 5.11 Å². The summed E-state index contributed by atoms with van der Waals surface area (Å²) in [6.07, 6.45) is 3.91. The Morgan fingerprint density at radius 2 is 2.09 bits per heavy atom. The summed E-state index contributed by atoms with van der Waals surface area (Å²) < 4.78 is 1.06. The summed E-state index contributed by atoms with van der Waals surface area (Å²) in [5, 5.41) is 10.7. The van der Waals surface area contributed by atoms with Crippen LogP contribution < -0.4 is 4.90 Å². The molecule has 6 heteroatoms. The number of aromatic nitrogens is 1. The summed E-state index contributed by atoms with van der Waals surface area (Å²) >= 11 is 1.68. The molecule has 2 aromatic rings. The van der Waals surface area contributed by atoms with Gasteiger partial charge in [0.2, 0.25) is 0 Å². The number of phenolic OH excluding ortho intramolecular Hbond substituents is 1. The van der Waals surface area contributed by atoms with Crippen LogP contribution in [0, 0.1) is 0 Å². The molecular formula is C16H24BN3OS. The van der Waals surface area contributed by atoms with Crippen molar-refractivity contribution in [2.75, 3.05) is 31.1 Å². The number of hydrogen-bond acceptors (Lipinski definition) is 5. The summed E-state index contributed by atoms with van der Waals surface area (Å²) in [6.45, 7) is 6.68. The third kappa shape index (κ3) is 3.38. The van der Waals surface area contributed by atoms with Crippen molar-refractivity contribution in [3.63, 3.8) is 0 Å². The fraction of sp³-hybridized carbons (Fsp3) is 0.562. The maximum atomic E-state index is 9.58. The molecule has 0 amide bonds. The fourth-order valence-electron chi connectivity index (χ4n) is 3.07. The number of thiazole rings is 1. The molecule has 3 rings (SSSR count). The van der Waals surface area contributed by atoms with Gasteiger partial charge in [-0.05, 0) is 31.5 Å². The highest BCUT2D eigenvalue weighted by Crippen LogP contribution is 2.31. The Morgan fingerprint density at radius 3 is 2.82 bits per heavy atom. The number of aromatic hydroxyl groups is 1. The summed E-state index contributed by atoms with van der Waals surface area (Å²) in [6, 6.07) is 6.10. The van der Waals surface area contributed by atoms with Crippen molar-refractivity contribution in [1.29, 1.82) is 0 Å². The molecule has 0 saturated carbocycles. The van der Waals surface area contributed by atoms with Gasteiger partial charge in [0.15, 0.2) is 5.13 Å². The maximum absolute atomic E-state index is 9.58. The summed E-state index contributed by atoms with van der Waals surface area (Å²) in [4.78, 5) is 9.69. The fourth-order valence-corrected chi connectivity index (χ4v) is 4.12. The van der Waals surface area contributed by atoms with Crippen molar-refractivity contribution in [2.24, 2.45) is 0 Å². The van der Waals surface area contributed by atoms with Gasteiger partial charge >= 0.3 is 0 Å². The number of hydrogen-bond donors (Lipinski definition) is 1. The van der Waals surface area contributed by atoms with Crippen LogP contribution >= 0.6 is 11.3 Å². The highest BCUT2D eigenvalue weighted by atomic mass is 32.1. The lowest BCUT2D eigenvalue weighted by Gasteiger charge is -2.38. The quantitative estimate of drug-likeness (QED) is 0.859. The second-order valence-corrected chi connectivity index (χ2v) is 7.17. The minimum Gasteiger partial charge on any atom is -0.508 e. The third-order valence-corrected chi connectivity index (χ3v) is 5.62. The number of benzene rings is 1. The molecule has 118 valence electrons. The minimum absolute atomic E-state index is 0.317. The molecule has 1 unspecified atom stereocenters. The van der Waals surface area contributed by atoms with Gasteiger partial charge in [-0.3, -0.25) is 4.90 Å². The first-order valence-corrected chi connectivity index (χ1v) is 9.07. The van der Waals surface area contributed by atoms with Gasteiger partial charge in [0, 0.05) is 32.2 Å². The van der Waals surface area contributed by atoms with Crippen LogP contribution in [0.15, 0.2) is 18.2 Å². The van der Waals surface area contributed by atoms with Crippen LogP contribution in [0.2, 0.25) is 6.32 Å². The van der Waals surface area contributed by atoms with Crippen LogP contribution in [0.5, 0.6) is 5.75 Å². The summed E-state index contributed by atoms with van der Waals surface area (Å²) in [7, 11) is 2.26. The van der Waals surface area contributed by atoms with E-state index in [0.717, 1.165) is 41.5 Å². The van der Waals surface area contributed by atoms with E-state index in [9.17, 15) is 5.11 Å². The minimum atomic E-state index is 0.317. The van der Waals surface area contributed by atoms with Crippen LogP contribution in [0.4, 0.5) is 5.13 Å². The lowest BCUT2D eigenvalue weighted by Crippen LogP contribution is -2.49. The number of nitrogens with zero attached hydrogens (tertiary/aromatic N) is 3. The van der Waals surface area contributed by atoms with E-state index >= 15 is 0 Å². The van der Waals surface area contributed by atoms with Crippen LogP contribution in [0.3, 0.4) is 0 Å². The Hall–Kier alpha value is -1.27. The van der Waals surface area contributed by atoms with E-state index in [4.69, 9.17) is 4.98 Å². The highest BCUT2D eigenvalue weighted by Gasteiger charge is 2.22. The number of phenols is 1. The van der Waals surface area contributed by atoms with Crippen molar-refractivity contribution in [2.45, 2.75) is 32.1 Å². The number of rotatable bonds is 5. The van der Waals surface area contributed by atoms with Gasteiger partial charge in [0.25, 0.3) is 0 Å². The first-order chi connectivity index (χ1) is 10.7. The molecule has 2 heterocycles. The Morgan fingerprint density at radius 1 is 1.32 bits per heavy atom. The van der Waals surface area contributed by atoms with Gasteiger partial charge in [-0.2, -0.15) is 0 Å². The Labute approximate surface area is 137 Å². The Kier molecular flexibility index (Phi) is 4.88. The number of piperazine rings is 1. The molecule has 1 fully saturated rings. The molecule has 22 heavy (non-hydrogen) atoms. The Bertz CT molecular complexity index is 625. The summed E-state index contributed by atoms with van der Waals surface area (Å²) in [5.41, 5.74) is 0.983. The molecule has 1 atom stereocenters. The van der Waals surface area contributed by atoms with Gasteiger partial charge in [-0.1, -0.05) is 24.1 Å². The summed E-state index contributed by atoms with van der Waals surface area (Å²) in [5.74, 6) is 0.317. The molecule has 1 saturated heterocycles. The van der Waals surface area contributed by atoms with Gasteiger partial charge in [-0.25, -0.2) is 4.98 Å². The molecule has 1 N–H and O–H groups in total. The lowest BCUT2D eigenvalue weighted by molar-refractivity contribution is 0.188. The normalized spacial score (nSPS) is 18.0. The van der Waals surface area contributed by atoms with Gasteiger partial charge < -0.3 is 10.0 Å². The molecule has 0 bridgehead atoms. The zero-order chi connectivity index (χ0) is 15.5. The molecule has 0 spiro atoms. The predicted molar refractivity (Wildman–Crippen MR) is 97.1 cm³/mol. The van der Waals surface area contributed by atoms with Crippen LogP contribution in [0.25, 0.3) is 10.2 Å². The average Bonchev–Trinajstić information content (AvgIpc) is 2.95. The van der Waals surface area contributed by atoms with E-state index in [-0.39, 0.29) is 0 Å². The van der Waals surface area contributed by atoms with E-state index in [1.54, 1.807) is 23.5 Å². The van der Waals surface area contributed by atoms with Crippen molar-refractivity contribution in [3.05, 3.63) is 18.2 Å². The molecule has 1 aromatic heterocycles. The Balaban J connectivity index is 1.62. The SMILES string of the molecule is BCCCC(C)N1CCN(c2nc3ccc(O)cc3s2)CC1. The standard InChI is InChI=1S/C16H24BN3OS/c1-12(3-2-6-17)19-7-9-20(10-8-19)16-18-14-5-4-13(21)11-15(14)22-16/h4-5,11-12,21H,2-3,6-10,17H2,1H3. The van der Waals surface area contributed by atoms with Crippen LogP contribution in [-0.2, 0) is 0 Å². The smallest absolute Gasteiger partial charge is 0.186 e. The first kappa shape index (κ1) is 15.6. The lowest BCUT2D eigenvalue weighted by atomic mass is 9.97. The zero-order valence-electron chi connectivity index (χ0n) is 13.5. The van der Waals surface area contributed by atoms with Crippen molar-refractivity contribution >= 4 is 34.5 Å². The number of anilines is 1. The van der Waals surface area contributed by atoms with Crippen LogP contribution in [0.1, 0.15) is 19.8 Å². The van der Waals surface area contributed by atoms with Crippen molar-refractivity contribution in [3.8, 4) is 5.75 Å². The second-order valence-electron chi connectivity index (χ2n) is 6.16. The average molecular weight is 317 g/mol. The molecular weight excluding hydrogens is 293 g/mol. The molecule has 0 aliphatic carbocycles. The highest BCUT2D eigenvalue weighted by molar-refractivity contribution is 7.22. The maximum Gasteiger partial charge on any atom is 0.186 e. The van der Waals surface area contributed by atoms with Gasteiger partial charge in [0.05, 0.1) is 10.2 Å². The van der Waals surface area contributed by atoms with E-state index in [1.807, 2.05) is 6.07 Å². The molecule has 1 aliphatic heterocycles. The monoisotopic (exact) mass is 317 g/mol. The van der Waals surface area contributed by atoms with Crippen molar-refractivity contribution in [1.82, 2.24) is 9.88 Å². The van der Waals surface area contributed by atoms with E-state index in [2.05, 4.69) is 24.6 Å². The first-order valence-electron chi connectivity index (χ1n) is 8.26. The van der Waals surface area contributed by atoms with Gasteiger partial charge in [-0.15, -0.1) is 0 Å². The largest absolute Gasteiger partial charge is 0.508 e. The molecule has 4 nitrogen and oxygen atoms in total. The van der Waals surface area contributed by atoms with E-state index in [0.29, 0.717) is 11.8 Å². The van der Waals surface area contributed by atoms with Crippen LogP contribution in [-0.4, -0.2) is 55.1 Å². The predicted octanol–water partition coefficient (Wildman–Crippen LogP) is 2.34. The molecule has 0 radical (unpaired) electrons.